The Bertz CT molecular complexity index is 912. The molecule has 0 aliphatic carbocycles. The highest BCUT2D eigenvalue weighted by Crippen LogP contribution is 2.35. The Labute approximate surface area is 133 Å². The molecule has 3 rings (SSSR count). The molecule has 0 unspecified atom stereocenters. The molecule has 116 valence electrons. The highest BCUT2D eigenvalue weighted by molar-refractivity contribution is 6.06. The van der Waals surface area contributed by atoms with Gasteiger partial charge in [-0.25, -0.2) is 0 Å². The minimum absolute atomic E-state index is 0.147. The fourth-order valence-corrected chi connectivity index (χ4v) is 2.62. The molecular formula is C19H16O4. The summed E-state index contributed by atoms with van der Waals surface area (Å²) in [5.74, 6) is -1.05. The third kappa shape index (κ3) is 3.16. The molecule has 0 saturated carbocycles. The smallest absolute Gasteiger partial charge is 0.311 e. The predicted molar refractivity (Wildman–Crippen MR) is 88.7 cm³/mol. The number of rotatable bonds is 4. The quantitative estimate of drug-likeness (QED) is 0.448. The van der Waals surface area contributed by atoms with Crippen LogP contribution < -0.4 is 4.74 Å². The number of carboxylic acid groups (broad SMARTS) is 1. The van der Waals surface area contributed by atoms with E-state index in [-0.39, 0.29) is 12.8 Å². The zero-order valence-corrected chi connectivity index (χ0v) is 12.7. The Kier molecular flexibility index (Phi) is 3.98. The lowest BCUT2D eigenvalue weighted by Gasteiger charge is -2.12. The van der Waals surface area contributed by atoms with Gasteiger partial charge in [-0.2, -0.15) is 0 Å². The van der Waals surface area contributed by atoms with E-state index in [2.05, 4.69) is 6.07 Å². The summed E-state index contributed by atoms with van der Waals surface area (Å²) in [4.78, 5) is 22.6. The average Bonchev–Trinajstić information content (AvgIpc) is 2.53. The number of hydrogen-bond donors (Lipinski definition) is 1. The van der Waals surface area contributed by atoms with Gasteiger partial charge < -0.3 is 9.84 Å². The van der Waals surface area contributed by atoms with Crippen molar-refractivity contribution in [2.24, 2.45) is 0 Å². The van der Waals surface area contributed by atoms with Crippen molar-refractivity contribution < 1.29 is 19.4 Å². The number of aryl methyl sites for hydroxylation is 1. The Morgan fingerprint density at radius 1 is 0.957 bits per heavy atom. The van der Waals surface area contributed by atoms with E-state index < -0.39 is 11.9 Å². The second kappa shape index (κ2) is 6.08. The minimum atomic E-state index is -1.01. The van der Waals surface area contributed by atoms with Crippen molar-refractivity contribution in [3.05, 3.63) is 54.1 Å². The molecule has 0 heterocycles. The summed E-state index contributed by atoms with van der Waals surface area (Å²) in [5.41, 5.74) is 1.07. The molecule has 0 spiro atoms. The minimum Gasteiger partial charge on any atom is -0.481 e. The third-order valence-corrected chi connectivity index (χ3v) is 3.73. The highest BCUT2D eigenvalue weighted by Gasteiger charge is 2.14. The van der Waals surface area contributed by atoms with Crippen molar-refractivity contribution >= 4 is 33.5 Å². The summed E-state index contributed by atoms with van der Waals surface area (Å²) in [6.07, 6.45) is -0.383. The average molecular weight is 308 g/mol. The van der Waals surface area contributed by atoms with Gasteiger partial charge in [-0.05, 0) is 29.8 Å². The fourth-order valence-electron chi connectivity index (χ4n) is 2.62. The molecule has 0 amide bonds. The summed E-state index contributed by atoms with van der Waals surface area (Å²) in [6.45, 7) is 1.98. The number of carbonyl (C=O) groups is 2. The van der Waals surface area contributed by atoms with E-state index in [0.717, 1.165) is 27.1 Å². The number of benzene rings is 3. The van der Waals surface area contributed by atoms with Gasteiger partial charge in [0.15, 0.2) is 0 Å². The van der Waals surface area contributed by atoms with E-state index >= 15 is 0 Å². The molecule has 3 aromatic rings. The Morgan fingerprint density at radius 2 is 1.70 bits per heavy atom. The van der Waals surface area contributed by atoms with Crippen molar-refractivity contribution in [1.82, 2.24) is 0 Å². The molecule has 0 aliphatic heterocycles. The number of carboxylic acids is 1. The van der Waals surface area contributed by atoms with Crippen LogP contribution in [-0.2, 0) is 9.59 Å². The van der Waals surface area contributed by atoms with Crippen LogP contribution in [0.25, 0.3) is 21.5 Å². The molecule has 1 N–H and O–H groups in total. The highest BCUT2D eigenvalue weighted by atomic mass is 16.5. The summed E-state index contributed by atoms with van der Waals surface area (Å²) < 4.78 is 5.54. The Morgan fingerprint density at radius 3 is 2.48 bits per heavy atom. The molecule has 3 aromatic carbocycles. The predicted octanol–water partition coefficient (Wildman–Crippen LogP) is 4.07. The van der Waals surface area contributed by atoms with E-state index in [1.165, 1.54) is 0 Å². The lowest BCUT2D eigenvalue weighted by Crippen LogP contribution is -2.10. The zero-order chi connectivity index (χ0) is 16.4. The van der Waals surface area contributed by atoms with Gasteiger partial charge in [0.25, 0.3) is 0 Å². The van der Waals surface area contributed by atoms with Crippen LogP contribution in [0.5, 0.6) is 5.75 Å². The van der Waals surface area contributed by atoms with E-state index in [0.29, 0.717) is 5.75 Å². The van der Waals surface area contributed by atoms with Crippen molar-refractivity contribution in [3.8, 4) is 5.75 Å². The van der Waals surface area contributed by atoms with Gasteiger partial charge in [-0.15, -0.1) is 0 Å². The summed E-state index contributed by atoms with van der Waals surface area (Å²) in [7, 11) is 0. The van der Waals surface area contributed by atoms with E-state index in [9.17, 15) is 9.59 Å². The molecule has 0 aliphatic rings. The number of carbonyl (C=O) groups excluding carboxylic acids is 1. The first-order valence-corrected chi connectivity index (χ1v) is 7.39. The maximum absolute atomic E-state index is 12.0. The molecule has 0 atom stereocenters. The van der Waals surface area contributed by atoms with E-state index in [4.69, 9.17) is 9.84 Å². The van der Waals surface area contributed by atoms with Crippen LogP contribution in [-0.4, -0.2) is 17.0 Å². The second-order valence-electron chi connectivity index (χ2n) is 5.52. The monoisotopic (exact) mass is 308 g/mol. The number of fused-ring (bicyclic) bond motifs is 2. The fraction of sp³-hybridized carbons (Fsp3) is 0.158. The van der Waals surface area contributed by atoms with Gasteiger partial charge >= 0.3 is 11.9 Å². The number of esters is 1. The number of ether oxygens (including phenoxy) is 1. The molecule has 0 radical (unpaired) electrons. The van der Waals surface area contributed by atoms with Crippen LogP contribution >= 0.6 is 0 Å². The van der Waals surface area contributed by atoms with Gasteiger partial charge in [0, 0.05) is 10.8 Å². The molecule has 4 nitrogen and oxygen atoms in total. The van der Waals surface area contributed by atoms with Crippen molar-refractivity contribution in [2.45, 2.75) is 19.8 Å². The maximum Gasteiger partial charge on any atom is 0.311 e. The molecule has 4 heteroatoms. The largest absolute Gasteiger partial charge is 0.481 e. The lowest BCUT2D eigenvalue weighted by atomic mass is 10.0. The van der Waals surface area contributed by atoms with Crippen LogP contribution in [0, 0.1) is 6.92 Å². The van der Waals surface area contributed by atoms with Gasteiger partial charge in [0.1, 0.15) is 5.75 Å². The molecule has 23 heavy (non-hydrogen) atoms. The van der Waals surface area contributed by atoms with Crippen molar-refractivity contribution in [3.63, 3.8) is 0 Å². The summed E-state index contributed by atoms with van der Waals surface area (Å²) in [5, 5.41) is 12.4. The maximum atomic E-state index is 12.0. The van der Waals surface area contributed by atoms with Crippen LogP contribution in [0.3, 0.4) is 0 Å². The van der Waals surface area contributed by atoms with Crippen LogP contribution in [0.4, 0.5) is 0 Å². The first-order valence-electron chi connectivity index (χ1n) is 7.39. The van der Waals surface area contributed by atoms with Gasteiger partial charge in [-0.3, -0.25) is 9.59 Å². The first-order chi connectivity index (χ1) is 11.0. The van der Waals surface area contributed by atoms with Crippen LogP contribution in [0.2, 0.25) is 0 Å². The zero-order valence-electron chi connectivity index (χ0n) is 12.7. The molecule has 0 aromatic heterocycles. The van der Waals surface area contributed by atoms with Crippen molar-refractivity contribution in [1.29, 1.82) is 0 Å². The Balaban J connectivity index is 2.12. The topological polar surface area (TPSA) is 63.6 Å². The van der Waals surface area contributed by atoms with Gasteiger partial charge in [0.05, 0.1) is 12.8 Å². The molecular weight excluding hydrogens is 292 g/mol. The van der Waals surface area contributed by atoms with Gasteiger partial charge in [-0.1, -0.05) is 42.0 Å². The van der Waals surface area contributed by atoms with Crippen LogP contribution in [0.1, 0.15) is 18.4 Å². The lowest BCUT2D eigenvalue weighted by molar-refractivity contribution is -0.142. The second-order valence-corrected chi connectivity index (χ2v) is 5.52. The SMILES string of the molecule is Cc1ccc2cc3ccccc3c(OC(=O)CCC(=O)O)c2c1. The van der Waals surface area contributed by atoms with Crippen molar-refractivity contribution in [2.75, 3.05) is 0 Å². The van der Waals surface area contributed by atoms with Gasteiger partial charge in [0.2, 0.25) is 0 Å². The first kappa shape index (κ1) is 15.0. The number of aliphatic carboxylic acids is 1. The third-order valence-electron chi connectivity index (χ3n) is 3.73. The Hall–Kier alpha value is -2.88. The summed E-state index contributed by atoms with van der Waals surface area (Å²) >= 11 is 0. The van der Waals surface area contributed by atoms with Crippen LogP contribution in [0.15, 0.2) is 48.5 Å². The summed E-state index contributed by atoms with van der Waals surface area (Å²) in [6, 6.07) is 15.7. The normalized spacial score (nSPS) is 10.8. The molecule has 0 bridgehead atoms. The molecule has 0 saturated heterocycles. The number of hydrogen-bond acceptors (Lipinski definition) is 3. The standard InChI is InChI=1S/C19H16O4/c1-12-6-7-14-11-13-4-2-3-5-15(13)19(16(14)10-12)23-18(22)9-8-17(20)21/h2-7,10-11H,8-9H2,1H3,(H,20,21). The van der Waals surface area contributed by atoms with E-state index in [1.807, 2.05) is 49.4 Å². The van der Waals surface area contributed by atoms with E-state index in [1.54, 1.807) is 0 Å². The molecule has 0 fully saturated rings.